The van der Waals surface area contributed by atoms with Crippen molar-refractivity contribution in [3.63, 3.8) is 0 Å². The van der Waals surface area contributed by atoms with Gasteiger partial charge in [-0.05, 0) is 20.5 Å². The van der Waals surface area contributed by atoms with Crippen LogP contribution in [0.3, 0.4) is 0 Å². The van der Waals surface area contributed by atoms with Crippen LogP contribution in [0.2, 0.25) is 0 Å². The van der Waals surface area contributed by atoms with Gasteiger partial charge in [-0.3, -0.25) is 4.57 Å². The predicted molar refractivity (Wildman–Crippen MR) is 70.9 cm³/mol. The first-order valence-corrected chi connectivity index (χ1v) is 7.98. The summed E-state index contributed by atoms with van der Waals surface area (Å²) in [5.74, 6) is 1.76. The van der Waals surface area contributed by atoms with E-state index < -0.39 is 7.52 Å². The highest BCUT2D eigenvalue weighted by Gasteiger charge is 2.25. The fourth-order valence-electron chi connectivity index (χ4n) is 1.48. The lowest BCUT2D eigenvalue weighted by atomic mass is 10.1. The van der Waals surface area contributed by atoms with E-state index in [1.165, 1.54) is 36.8 Å². The molecule has 0 bridgehead atoms. The fraction of sp³-hybridized carbons (Fsp3) is 0.917. The lowest BCUT2D eigenvalue weighted by Gasteiger charge is -2.17. The first kappa shape index (κ1) is 16.6. The van der Waals surface area contributed by atoms with E-state index in [1.807, 2.05) is 0 Å². The van der Waals surface area contributed by atoms with E-state index in [0.717, 1.165) is 12.8 Å². The maximum absolute atomic E-state index is 11.8. The number of rotatable bonds is 10. The van der Waals surface area contributed by atoms with Gasteiger partial charge >= 0.3 is 7.52 Å². The van der Waals surface area contributed by atoms with E-state index >= 15 is 0 Å². The molecule has 0 spiro atoms. The van der Waals surface area contributed by atoms with Crippen molar-refractivity contribution in [2.24, 2.45) is 0 Å². The Bertz CT molecular complexity index is 274. The van der Waals surface area contributed by atoms with Crippen molar-refractivity contribution in [1.29, 1.82) is 5.26 Å². The number of nitrogens with zero attached hydrogens (tertiary/aromatic N) is 2. The molecular formula is C12H25N2O2P. The van der Waals surface area contributed by atoms with Crippen LogP contribution < -0.4 is 0 Å². The van der Waals surface area contributed by atoms with Gasteiger partial charge in [0.2, 0.25) is 0 Å². The zero-order valence-electron chi connectivity index (χ0n) is 11.3. The molecule has 100 valence electrons. The van der Waals surface area contributed by atoms with Crippen LogP contribution in [0.4, 0.5) is 0 Å². The molecule has 0 amide bonds. The maximum atomic E-state index is 11.8. The van der Waals surface area contributed by atoms with Gasteiger partial charge in [-0.25, -0.2) is 4.67 Å². The summed E-state index contributed by atoms with van der Waals surface area (Å²) in [6, 6.07) is 0. The lowest BCUT2D eigenvalue weighted by molar-refractivity contribution is 0.281. The Kier molecular flexibility index (Phi) is 9.44. The average Bonchev–Trinajstić information content (AvgIpc) is 2.32. The minimum absolute atomic E-state index is 0.413. The van der Waals surface area contributed by atoms with Gasteiger partial charge in [-0.2, -0.15) is 5.26 Å². The molecule has 0 radical (unpaired) electrons. The van der Waals surface area contributed by atoms with Crippen molar-refractivity contribution in [3.05, 3.63) is 0 Å². The molecule has 17 heavy (non-hydrogen) atoms. The van der Waals surface area contributed by atoms with Crippen molar-refractivity contribution < 1.29 is 9.09 Å². The molecule has 0 aliphatic carbocycles. The second-order valence-electron chi connectivity index (χ2n) is 4.42. The van der Waals surface area contributed by atoms with Crippen LogP contribution in [0, 0.1) is 11.1 Å². The molecule has 0 fully saturated rings. The molecule has 0 aliphatic rings. The third kappa shape index (κ3) is 7.54. The molecule has 1 unspecified atom stereocenters. The molecule has 0 aromatic carbocycles. The molecular weight excluding hydrogens is 235 g/mol. The van der Waals surface area contributed by atoms with Crippen molar-refractivity contribution in [2.75, 3.05) is 20.7 Å². The van der Waals surface area contributed by atoms with Crippen LogP contribution in [0.5, 0.6) is 0 Å². The van der Waals surface area contributed by atoms with Crippen molar-refractivity contribution >= 4 is 7.52 Å². The Morgan fingerprint density at radius 2 is 1.65 bits per heavy atom. The Balaban J connectivity index is 3.52. The van der Waals surface area contributed by atoms with Gasteiger partial charge in [-0.15, -0.1) is 0 Å². The molecule has 0 saturated heterocycles. The summed E-state index contributed by atoms with van der Waals surface area (Å²) in [5.41, 5.74) is 0. The molecule has 0 rings (SSSR count). The van der Waals surface area contributed by atoms with E-state index in [0.29, 0.717) is 6.61 Å². The maximum Gasteiger partial charge on any atom is 0.370 e. The van der Waals surface area contributed by atoms with Crippen LogP contribution in [0.15, 0.2) is 0 Å². The predicted octanol–water partition coefficient (Wildman–Crippen LogP) is 3.99. The molecule has 4 nitrogen and oxygen atoms in total. The van der Waals surface area contributed by atoms with E-state index in [9.17, 15) is 4.57 Å². The molecule has 0 aromatic heterocycles. The molecule has 0 aliphatic heterocycles. The zero-order valence-corrected chi connectivity index (χ0v) is 12.2. The molecule has 0 N–H and O–H groups in total. The highest BCUT2D eigenvalue weighted by molar-refractivity contribution is 7.61. The number of unbranched alkanes of at least 4 members (excludes halogenated alkanes) is 6. The van der Waals surface area contributed by atoms with Gasteiger partial charge in [0.1, 0.15) is 0 Å². The van der Waals surface area contributed by atoms with Gasteiger partial charge in [0.15, 0.2) is 5.81 Å². The standard InChI is InChI=1S/C12H25N2O2P/c1-4-5-6-7-8-9-10-11-16-17(15,12-13)14(2)3/h4-11H2,1-3H3. The van der Waals surface area contributed by atoms with Gasteiger partial charge in [-0.1, -0.05) is 45.4 Å². The van der Waals surface area contributed by atoms with Crippen molar-refractivity contribution in [1.82, 2.24) is 4.67 Å². The minimum atomic E-state index is -3.20. The summed E-state index contributed by atoms with van der Waals surface area (Å²) in [4.78, 5) is 0. The Morgan fingerprint density at radius 3 is 2.12 bits per heavy atom. The van der Waals surface area contributed by atoms with Crippen LogP contribution >= 0.6 is 7.52 Å². The number of hydrogen-bond acceptors (Lipinski definition) is 3. The van der Waals surface area contributed by atoms with Crippen LogP contribution in [0.1, 0.15) is 51.9 Å². The largest absolute Gasteiger partial charge is 0.370 e. The highest BCUT2D eigenvalue weighted by Crippen LogP contribution is 2.47. The zero-order chi connectivity index (χ0) is 13.1. The third-order valence-electron chi connectivity index (χ3n) is 2.67. The molecule has 0 heterocycles. The summed E-state index contributed by atoms with van der Waals surface area (Å²) in [6.45, 7) is 2.62. The second kappa shape index (κ2) is 9.65. The van der Waals surface area contributed by atoms with E-state index in [4.69, 9.17) is 9.79 Å². The number of nitriles is 1. The van der Waals surface area contributed by atoms with Crippen LogP contribution in [-0.4, -0.2) is 25.4 Å². The smallest absolute Gasteiger partial charge is 0.307 e. The summed E-state index contributed by atoms with van der Waals surface area (Å²) in [7, 11) is 0.0123. The summed E-state index contributed by atoms with van der Waals surface area (Å²) in [5, 5.41) is 8.78. The topological polar surface area (TPSA) is 53.3 Å². The quantitative estimate of drug-likeness (QED) is 0.440. The first-order chi connectivity index (χ1) is 8.06. The van der Waals surface area contributed by atoms with Gasteiger partial charge in [0.25, 0.3) is 0 Å². The summed E-state index contributed by atoms with van der Waals surface area (Å²) in [6.07, 6.45) is 8.29. The van der Waals surface area contributed by atoms with Gasteiger partial charge in [0.05, 0.1) is 6.61 Å². The monoisotopic (exact) mass is 260 g/mol. The van der Waals surface area contributed by atoms with E-state index in [-0.39, 0.29) is 0 Å². The SMILES string of the molecule is CCCCCCCCCOP(=O)(C#N)N(C)C. The molecule has 0 saturated carbocycles. The van der Waals surface area contributed by atoms with Crippen LogP contribution in [-0.2, 0) is 9.09 Å². The fourth-order valence-corrected chi connectivity index (χ4v) is 2.33. The Morgan fingerprint density at radius 1 is 1.12 bits per heavy atom. The molecule has 5 heteroatoms. The average molecular weight is 260 g/mol. The van der Waals surface area contributed by atoms with Crippen molar-refractivity contribution in [2.45, 2.75) is 51.9 Å². The molecule has 1 atom stereocenters. The lowest BCUT2D eigenvalue weighted by Crippen LogP contribution is -2.10. The van der Waals surface area contributed by atoms with E-state index in [1.54, 1.807) is 19.9 Å². The van der Waals surface area contributed by atoms with Gasteiger partial charge in [0, 0.05) is 0 Å². The normalized spacial score (nSPS) is 14.5. The summed E-state index contributed by atoms with van der Waals surface area (Å²) < 4.78 is 18.4. The number of hydrogen-bond donors (Lipinski definition) is 0. The Labute approximate surface area is 105 Å². The van der Waals surface area contributed by atoms with Gasteiger partial charge < -0.3 is 4.52 Å². The summed E-state index contributed by atoms with van der Waals surface area (Å²) >= 11 is 0. The first-order valence-electron chi connectivity index (χ1n) is 6.40. The van der Waals surface area contributed by atoms with Crippen LogP contribution in [0.25, 0.3) is 0 Å². The van der Waals surface area contributed by atoms with Crippen molar-refractivity contribution in [3.8, 4) is 5.81 Å². The highest BCUT2D eigenvalue weighted by atomic mass is 31.2. The second-order valence-corrected chi connectivity index (χ2v) is 6.72. The minimum Gasteiger partial charge on any atom is -0.307 e. The Hall–Kier alpha value is -0.360. The third-order valence-corrected chi connectivity index (χ3v) is 4.51. The molecule has 0 aromatic rings. The van der Waals surface area contributed by atoms with E-state index in [2.05, 4.69) is 6.92 Å².